The average molecular weight is 715 g/mol. The van der Waals surface area contributed by atoms with Gasteiger partial charge in [0.1, 0.15) is 0 Å². The molecule has 3 aromatic rings. The van der Waals surface area contributed by atoms with Crippen molar-refractivity contribution in [1.29, 1.82) is 0 Å². The molecular formula is C37H49BrClN3O4. The standard InChI is InChI=1S/C17H26ClN.C16H19BrN2.C4H4O4/c1-13(2)12-16(19(3)4)17(10-5-11-17)14-6-8-15(18)9-7-14;1-19(2)12-10-15(16-5-3-4-11-18-16)13-6-8-14(17)9-7-13;5-3(6)1-2-4(7)8/h6-9,13,16H,5,10-12H2,1-4H3;3-9,11,15H,10,12H2,1-2H3;1-2H,(H,5,6)(H,7,8)/b;;2-1-. The van der Waals surface area contributed by atoms with Crippen LogP contribution in [0.15, 0.2) is 89.6 Å². The number of carboxylic acid groups (broad SMARTS) is 2. The van der Waals surface area contributed by atoms with Gasteiger partial charge in [0.2, 0.25) is 0 Å². The van der Waals surface area contributed by atoms with Gasteiger partial charge in [0.25, 0.3) is 0 Å². The maximum absolute atomic E-state index is 9.55. The van der Waals surface area contributed by atoms with Gasteiger partial charge in [-0.05, 0) is 114 Å². The Labute approximate surface area is 288 Å². The lowest BCUT2D eigenvalue weighted by molar-refractivity contribution is -0.134. The number of nitrogens with zero attached hydrogens (tertiary/aromatic N) is 3. The summed E-state index contributed by atoms with van der Waals surface area (Å²) in [7, 11) is 8.67. The lowest BCUT2D eigenvalue weighted by Crippen LogP contribution is -2.52. The van der Waals surface area contributed by atoms with Crippen molar-refractivity contribution in [3.8, 4) is 0 Å². The summed E-state index contributed by atoms with van der Waals surface area (Å²) < 4.78 is 1.11. The zero-order valence-electron chi connectivity index (χ0n) is 27.9. The van der Waals surface area contributed by atoms with Crippen molar-refractivity contribution in [2.45, 2.75) is 63.3 Å². The minimum Gasteiger partial charge on any atom is -0.478 e. The van der Waals surface area contributed by atoms with Gasteiger partial charge in [-0.15, -0.1) is 0 Å². The summed E-state index contributed by atoms with van der Waals surface area (Å²) in [5.74, 6) is -1.42. The topological polar surface area (TPSA) is 94.0 Å². The molecule has 2 unspecified atom stereocenters. The Bertz CT molecular complexity index is 1340. The fraction of sp³-hybridized carbons (Fsp3) is 0.432. The molecule has 0 spiro atoms. The molecule has 46 heavy (non-hydrogen) atoms. The van der Waals surface area contributed by atoms with Gasteiger partial charge in [-0.3, -0.25) is 4.98 Å². The molecule has 1 saturated carbocycles. The number of rotatable bonds is 12. The number of hydrogen-bond donors (Lipinski definition) is 2. The van der Waals surface area contributed by atoms with Crippen LogP contribution in [0.5, 0.6) is 0 Å². The number of carbonyl (C=O) groups is 2. The summed E-state index contributed by atoms with van der Waals surface area (Å²) in [6.45, 7) is 5.70. The lowest BCUT2D eigenvalue weighted by Gasteiger charge is -2.51. The minimum absolute atomic E-state index is 0.346. The van der Waals surface area contributed by atoms with E-state index in [1.54, 1.807) is 0 Å². The van der Waals surface area contributed by atoms with Gasteiger partial charge < -0.3 is 20.0 Å². The highest BCUT2D eigenvalue weighted by Crippen LogP contribution is 2.49. The lowest BCUT2D eigenvalue weighted by atomic mass is 9.58. The second-order valence-corrected chi connectivity index (χ2v) is 13.9. The van der Waals surface area contributed by atoms with Crippen LogP contribution in [-0.4, -0.2) is 77.7 Å². The van der Waals surface area contributed by atoms with E-state index in [-0.39, 0.29) is 0 Å². The molecule has 9 heteroatoms. The fourth-order valence-electron chi connectivity index (χ4n) is 5.82. The van der Waals surface area contributed by atoms with Gasteiger partial charge in [-0.1, -0.05) is 78.1 Å². The highest BCUT2D eigenvalue weighted by atomic mass is 79.9. The molecule has 0 bridgehead atoms. The Morgan fingerprint density at radius 2 is 1.52 bits per heavy atom. The molecule has 1 heterocycles. The zero-order valence-corrected chi connectivity index (χ0v) is 30.2. The van der Waals surface area contributed by atoms with E-state index in [4.69, 9.17) is 21.8 Å². The van der Waals surface area contributed by atoms with E-state index in [1.165, 1.54) is 36.8 Å². The van der Waals surface area contributed by atoms with Crippen molar-refractivity contribution < 1.29 is 19.8 Å². The molecule has 2 N–H and O–H groups in total. The molecule has 0 aliphatic heterocycles. The number of benzene rings is 2. The van der Waals surface area contributed by atoms with Gasteiger partial charge in [0.05, 0.1) is 0 Å². The summed E-state index contributed by atoms with van der Waals surface area (Å²) in [6, 6.07) is 23.9. The van der Waals surface area contributed by atoms with Crippen LogP contribution in [0.2, 0.25) is 5.02 Å². The number of aromatic nitrogens is 1. The van der Waals surface area contributed by atoms with E-state index in [2.05, 4.69) is 121 Å². The first-order valence-electron chi connectivity index (χ1n) is 15.6. The molecule has 4 rings (SSSR count). The zero-order chi connectivity index (χ0) is 34.3. The monoisotopic (exact) mass is 713 g/mol. The quantitative estimate of drug-likeness (QED) is 0.182. The third-order valence-corrected chi connectivity index (χ3v) is 8.95. The molecule has 250 valence electrons. The van der Waals surface area contributed by atoms with E-state index >= 15 is 0 Å². The van der Waals surface area contributed by atoms with Crippen LogP contribution >= 0.6 is 27.5 Å². The molecule has 0 saturated heterocycles. The number of likely N-dealkylation sites (N-methyl/N-ethyl adjacent to an activating group) is 1. The summed E-state index contributed by atoms with van der Waals surface area (Å²) in [4.78, 5) is 28.3. The van der Waals surface area contributed by atoms with Crippen molar-refractivity contribution in [1.82, 2.24) is 14.8 Å². The summed E-state index contributed by atoms with van der Waals surface area (Å²) in [5.41, 5.74) is 4.29. The molecule has 1 fully saturated rings. The van der Waals surface area contributed by atoms with Gasteiger partial charge >= 0.3 is 11.9 Å². The average Bonchev–Trinajstić information content (AvgIpc) is 2.98. The Hall–Kier alpha value is -3.04. The highest BCUT2D eigenvalue weighted by Gasteiger charge is 2.46. The molecule has 0 amide bonds. The number of aliphatic carboxylic acids is 2. The predicted octanol–water partition coefficient (Wildman–Crippen LogP) is 8.38. The van der Waals surface area contributed by atoms with Crippen LogP contribution in [0, 0.1) is 5.92 Å². The molecule has 2 aromatic carbocycles. The predicted molar refractivity (Wildman–Crippen MR) is 192 cm³/mol. The first kappa shape index (κ1) is 39.1. The molecule has 0 radical (unpaired) electrons. The fourth-order valence-corrected chi connectivity index (χ4v) is 6.21. The molecular weight excluding hydrogens is 666 g/mol. The second kappa shape index (κ2) is 19.6. The van der Waals surface area contributed by atoms with Crippen molar-refractivity contribution in [2.24, 2.45) is 5.92 Å². The molecule has 1 aliphatic rings. The second-order valence-electron chi connectivity index (χ2n) is 12.6. The maximum atomic E-state index is 9.55. The van der Waals surface area contributed by atoms with Gasteiger partial charge in [0, 0.05) is 50.9 Å². The minimum atomic E-state index is -1.26. The normalized spacial score (nSPS) is 14.9. The smallest absolute Gasteiger partial charge is 0.328 e. The first-order chi connectivity index (χ1) is 21.7. The first-order valence-corrected chi connectivity index (χ1v) is 16.8. The van der Waals surface area contributed by atoms with Gasteiger partial charge in [-0.2, -0.15) is 0 Å². The third kappa shape index (κ3) is 13.0. The number of halogens is 2. The highest BCUT2D eigenvalue weighted by molar-refractivity contribution is 9.10. The van der Waals surface area contributed by atoms with Crippen LogP contribution < -0.4 is 0 Å². The van der Waals surface area contributed by atoms with Crippen LogP contribution in [-0.2, 0) is 15.0 Å². The van der Waals surface area contributed by atoms with Crippen LogP contribution in [0.4, 0.5) is 0 Å². The van der Waals surface area contributed by atoms with E-state index in [9.17, 15) is 9.59 Å². The van der Waals surface area contributed by atoms with E-state index in [0.717, 1.165) is 34.1 Å². The van der Waals surface area contributed by atoms with Crippen LogP contribution in [0.3, 0.4) is 0 Å². The number of hydrogen-bond acceptors (Lipinski definition) is 5. The molecule has 1 aromatic heterocycles. The van der Waals surface area contributed by atoms with E-state index < -0.39 is 11.9 Å². The Balaban J connectivity index is 0.000000261. The van der Waals surface area contributed by atoms with Crippen LogP contribution in [0.1, 0.15) is 68.7 Å². The number of carboxylic acids is 2. The Morgan fingerprint density at radius 3 is 1.93 bits per heavy atom. The molecule has 2 atom stereocenters. The number of pyridine rings is 1. The molecule has 1 aliphatic carbocycles. The third-order valence-electron chi connectivity index (χ3n) is 8.17. The molecule has 7 nitrogen and oxygen atoms in total. The van der Waals surface area contributed by atoms with Crippen molar-refractivity contribution >= 4 is 39.5 Å². The Morgan fingerprint density at radius 1 is 0.935 bits per heavy atom. The van der Waals surface area contributed by atoms with Crippen molar-refractivity contribution in [3.63, 3.8) is 0 Å². The van der Waals surface area contributed by atoms with Gasteiger partial charge in [0.15, 0.2) is 0 Å². The SMILES string of the molecule is CC(C)CC(N(C)C)C1(c2ccc(Cl)cc2)CCC1.CN(C)CCC(c1ccc(Br)cc1)c1ccccn1.O=C(O)/C=C\C(=O)O. The summed E-state index contributed by atoms with van der Waals surface area (Å²) >= 11 is 9.53. The van der Waals surface area contributed by atoms with Crippen molar-refractivity contribution in [2.75, 3.05) is 34.7 Å². The summed E-state index contributed by atoms with van der Waals surface area (Å²) in [6.07, 6.45) is 9.29. The summed E-state index contributed by atoms with van der Waals surface area (Å²) in [5, 5.41) is 16.5. The van der Waals surface area contributed by atoms with Crippen LogP contribution in [0.25, 0.3) is 0 Å². The van der Waals surface area contributed by atoms with Gasteiger partial charge in [-0.25, -0.2) is 9.59 Å². The Kier molecular flexibility index (Phi) is 16.7. The van der Waals surface area contributed by atoms with E-state index in [1.807, 2.05) is 24.4 Å². The van der Waals surface area contributed by atoms with Crippen molar-refractivity contribution in [3.05, 3.63) is 111 Å². The van der Waals surface area contributed by atoms with E-state index in [0.29, 0.717) is 29.5 Å². The largest absolute Gasteiger partial charge is 0.478 e. The maximum Gasteiger partial charge on any atom is 0.328 e.